The van der Waals surface area contributed by atoms with Gasteiger partial charge in [0, 0.05) is 11.1 Å². The zero-order valence-electron chi connectivity index (χ0n) is 11.9. The van der Waals surface area contributed by atoms with Crippen molar-refractivity contribution in [3.05, 3.63) is 17.2 Å². The lowest BCUT2D eigenvalue weighted by Crippen LogP contribution is -2.08. The molecule has 0 bridgehead atoms. The Kier molecular flexibility index (Phi) is 4.64. The Morgan fingerprint density at radius 2 is 1.79 bits per heavy atom. The molecular weight excluding hydrogens is 248 g/mol. The van der Waals surface area contributed by atoms with Crippen LogP contribution in [-0.4, -0.2) is 23.5 Å². The van der Waals surface area contributed by atoms with Gasteiger partial charge in [0.05, 0.1) is 7.11 Å². The average Bonchev–Trinajstić information content (AvgIpc) is 2.29. The van der Waals surface area contributed by atoms with Gasteiger partial charge in [-0.05, 0) is 17.9 Å². The van der Waals surface area contributed by atoms with Crippen molar-refractivity contribution in [1.82, 2.24) is 0 Å². The molecule has 5 heteroatoms. The van der Waals surface area contributed by atoms with Crippen LogP contribution in [0, 0.1) is 0 Å². The van der Waals surface area contributed by atoms with Gasteiger partial charge in [-0.1, -0.05) is 27.7 Å². The number of hydrogen-bond donors (Lipinski definition) is 2. The normalized spacial score (nSPS) is 10.9. The first kappa shape index (κ1) is 15.1. The molecule has 1 aromatic carbocycles. The number of methoxy groups -OCH3 is 1. The SMILES string of the molecule is COc1cc(C(C)C)c(OC(=O)O)c(O)c1C(C)C. The topological polar surface area (TPSA) is 76.0 Å². The molecule has 0 saturated carbocycles. The highest BCUT2D eigenvalue weighted by molar-refractivity contribution is 5.68. The van der Waals surface area contributed by atoms with Gasteiger partial charge in [-0.25, -0.2) is 4.79 Å². The third-order valence-corrected chi connectivity index (χ3v) is 2.89. The molecule has 5 nitrogen and oxygen atoms in total. The predicted octanol–water partition coefficient (Wildman–Crippen LogP) is 3.70. The van der Waals surface area contributed by atoms with Gasteiger partial charge in [0.1, 0.15) is 5.75 Å². The first-order chi connectivity index (χ1) is 8.79. The maximum atomic E-state index is 10.8. The van der Waals surface area contributed by atoms with Gasteiger partial charge in [0.2, 0.25) is 0 Å². The smallest absolute Gasteiger partial charge is 0.504 e. The van der Waals surface area contributed by atoms with Crippen LogP contribution in [0.2, 0.25) is 0 Å². The summed E-state index contributed by atoms with van der Waals surface area (Å²) in [6, 6.07) is 1.72. The zero-order chi connectivity index (χ0) is 14.7. The second-order valence-electron chi connectivity index (χ2n) is 4.94. The lowest BCUT2D eigenvalue weighted by atomic mass is 9.93. The first-order valence-electron chi connectivity index (χ1n) is 6.14. The summed E-state index contributed by atoms with van der Waals surface area (Å²) in [7, 11) is 1.52. The molecule has 0 saturated heterocycles. The van der Waals surface area contributed by atoms with Crippen LogP contribution in [0.15, 0.2) is 6.07 Å². The molecule has 0 aliphatic heterocycles. The molecule has 2 N–H and O–H groups in total. The number of rotatable bonds is 4. The summed E-state index contributed by atoms with van der Waals surface area (Å²) in [5, 5.41) is 19.1. The van der Waals surface area contributed by atoms with Crippen molar-refractivity contribution in [2.75, 3.05) is 7.11 Å². The first-order valence-corrected chi connectivity index (χ1v) is 6.14. The molecule has 106 valence electrons. The molecule has 0 aromatic heterocycles. The quantitative estimate of drug-likeness (QED) is 0.643. The molecule has 1 aromatic rings. The summed E-state index contributed by atoms with van der Waals surface area (Å²) >= 11 is 0. The summed E-state index contributed by atoms with van der Waals surface area (Å²) in [6.45, 7) is 7.55. The van der Waals surface area contributed by atoms with E-state index in [1.165, 1.54) is 7.11 Å². The van der Waals surface area contributed by atoms with E-state index in [0.29, 0.717) is 16.9 Å². The number of ether oxygens (including phenoxy) is 2. The van der Waals surface area contributed by atoms with Crippen LogP contribution in [0.4, 0.5) is 4.79 Å². The van der Waals surface area contributed by atoms with Crippen molar-refractivity contribution in [3.63, 3.8) is 0 Å². The van der Waals surface area contributed by atoms with Crippen molar-refractivity contribution in [1.29, 1.82) is 0 Å². The molecule has 0 aliphatic carbocycles. The zero-order valence-corrected chi connectivity index (χ0v) is 11.9. The average molecular weight is 268 g/mol. The Labute approximate surface area is 112 Å². The van der Waals surface area contributed by atoms with Gasteiger partial charge in [0.25, 0.3) is 0 Å². The van der Waals surface area contributed by atoms with Crippen molar-refractivity contribution in [2.24, 2.45) is 0 Å². The Bertz CT molecular complexity index is 477. The van der Waals surface area contributed by atoms with E-state index in [-0.39, 0.29) is 23.3 Å². The lowest BCUT2D eigenvalue weighted by Gasteiger charge is -2.20. The van der Waals surface area contributed by atoms with Gasteiger partial charge in [-0.15, -0.1) is 0 Å². The highest BCUT2D eigenvalue weighted by atomic mass is 16.7. The molecule has 0 atom stereocenters. The highest BCUT2D eigenvalue weighted by Gasteiger charge is 2.24. The number of benzene rings is 1. The second-order valence-corrected chi connectivity index (χ2v) is 4.94. The van der Waals surface area contributed by atoms with Crippen LogP contribution < -0.4 is 9.47 Å². The minimum absolute atomic E-state index is 0.00429. The van der Waals surface area contributed by atoms with Gasteiger partial charge in [0.15, 0.2) is 11.5 Å². The minimum atomic E-state index is -1.45. The number of carboxylic acid groups (broad SMARTS) is 1. The summed E-state index contributed by atoms with van der Waals surface area (Å²) in [5.41, 5.74) is 1.14. The molecule has 0 aliphatic rings. The number of phenolic OH excluding ortho intramolecular Hbond substituents is 1. The molecule has 0 radical (unpaired) electrons. The summed E-state index contributed by atoms with van der Waals surface area (Å²) in [4.78, 5) is 10.8. The van der Waals surface area contributed by atoms with Crippen LogP contribution in [0.1, 0.15) is 50.7 Å². The lowest BCUT2D eigenvalue weighted by molar-refractivity contribution is 0.142. The summed E-state index contributed by atoms with van der Waals surface area (Å²) in [5.74, 6) is 0.337. The maximum Gasteiger partial charge on any atom is 0.511 e. The largest absolute Gasteiger partial charge is 0.511 e. The highest BCUT2D eigenvalue weighted by Crippen LogP contribution is 2.46. The van der Waals surface area contributed by atoms with Crippen LogP contribution in [0.5, 0.6) is 17.2 Å². The molecule has 19 heavy (non-hydrogen) atoms. The van der Waals surface area contributed by atoms with Crippen molar-refractivity contribution in [3.8, 4) is 17.2 Å². The molecule has 0 unspecified atom stereocenters. The van der Waals surface area contributed by atoms with Gasteiger partial charge in [-0.2, -0.15) is 0 Å². The van der Waals surface area contributed by atoms with Gasteiger partial charge >= 0.3 is 6.16 Å². The predicted molar refractivity (Wildman–Crippen MR) is 71.5 cm³/mol. The summed E-state index contributed by atoms with van der Waals surface area (Å²) < 4.78 is 10.0. The Hall–Kier alpha value is -1.91. The molecule has 0 heterocycles. The van der Waals surface area contributed by atoms with E-state index in [2.05, 4.69) is 0 Å². The third-order valence-electron chi connectivity index (χ3n) is 2.89. The fourth-order valence-corrected chi connectivity index (χ4v) is 2.01. The van der Waals surface area contributed by atoms with E-state index in [1.807, 2.05) is 27.7 Å². The Balaban J connectivity index is 3.57. The number of aromatic hydroxyl groups is 1. The van der Waals surface area contributed by atoms with Crippen LogP contribution in [-0.2, 0) is 0 Å². The number of hydrogen-bond acceptors (Lipinski definition) is 4. The van der Waals surface area contributed by atoms with E-state index < -0.39 is 6.16 Å². The molecule has 0 spiro atoms. The van der Waals surface area contributed by atoms with Crippen molar-refractivity contribution in [2.45, 2.75) is 39.5 Å². The Morgan fingerprint density at radius 3 is 2.16 bits per heavy atom. The van der Waals surface area contributed by atoms with Crippen LogP contribution in [0.3, 0.4) is 0 Å². The summed E-state index contributed by atoms with van der Waals surface area (Å²) in [6.07, 6.45) is -1.45. The van der Waals surface area contributed by atoms with E-state index in [0.717, 1.165) is 0 Å². The molecular formula is C14H20O5. The van der Waals surface area contributed by atoms with Crippen LogP contribution >= 0.6 is 0 Å². The number of phenols is 1. The number of carbonyl (C=O) groups is 1. The van der Waals surface area contributed by atoms with Gasteiger partial charge in [-0.3, -0.25) is 0 Å². The fraction of sp³-hybridized carbons (Fsp3) is 0.500. The molecule has 1 rings (SSSR count). The molecule has 0 fully saturated rings. The fourth-order valence-electron chi connectivity index (χ4n) is 2.01. The van der Waals surface area contributed by atoms with Gasteiger partial charge < -0.3 is 19.7 Å². The standard InChI is InChI=1S/C14H20O5/c1-7(2)9-6-10(18-5)11(8(3)4)12(15)13(9)19-14(16)17/h6-8,15H,1-5H3,(H,16,17). The maximum absolute atomic E-state index is 10.8. The van der Waals surface area contributed by atoms with Crippen molar-refractivity contribution < 1.29 is 24.5 Å². The van der Waals surface area contributed by atoms with E-state index in [4.69, 9.17) is 14.6 Å². The van der Waals surface area contributed by atoms with E-state index >= 15 is 0 Å². The Morgan fingerprint density at radius 1 is 1.21 bits per heavy atom. The van der Waals surface area contributed by atoms with Crippen LogP contribution in [0.25, 0.3) is 0 Å². The van der Waals surface area contributed by atoms with E-state index in [9.17, 15) is 9.90 Å². The monoisotopic (exact) mass is 268 g/mol. The van der Waals surface area contributed by atoms with E-state index in [1.54, 1.807) is 6.07 Å². The minimum Gasteiger partial charge on any atom is -0.504 e. The van der Waals surface area contributed by atoms with Crippen molar-refractivity contribution >= 4 is 6.16 Å². The molecule has 0 amide bonds. The third kappa shape index (κ3) is 3.10. The second kappa shape index (κ2) is 5.82.